The van der Waals surface area contributed by atoms with Crippen molar-refractivity contribution in [2.75, 3.05) is 6.61 Å². The monoisotopic (exact) mass is 344 g/mol. The fourth-order valence-electron chi connectivity index (χ4n) is 2.95. The predicted molar refractivity (Wildman–Crippen MR) is 92.1 cm³/mol. The topological polar surface area (TPSA) is 88.4 Å². The first-order valence-corrected chi connectivity index (χ1v) is 8.67. The molecule has 1 amide bonds. The molecule has 25 heavy (non-hydrogen) atoms. The number of hydrogen-bond donors (Lipinski definition) is 1. The molecule has 1 N–H and O–H groups in total. The Balaban J connectivity index is 2.01. The van der Waals surface area contributed by atoms with Crippen molar-refractivity contribution in [1.29, 1.82) is 5.26 Å². The van der Waals surface area contributed by atoms with E-state index in [4.69, 9.17) is 9.47 Å². The number of esters is 1. The number of carbonyl (C=O) groups excluding carboxylic acids is 2. The van der Waals surface area contributed by atoms with Crippen molar-refractivity contribution in [3.05, 3.63) is 29.8 Å². The largest absolute Gasteiger partial charge is 0.493 e. The van der Waals surface area contributed by atoms with Gasteiger partial charge in [-0.05, 0) is 38.8 Å². The molecule has 0 saturated heterocycles. The second kappa shape index (κ2) is 8.52. The molecule has 1 saturated carbocycles. The minimum Gasteiger partial charge on any atom is -0.493 e. The molecule has 1 fully saturated rings. The van der Waals surface area contributed by atoms with Gasteiger partial charge in [0.05, 0.1) is 12.7 Å². The van der Waals surface area contributed by atoms with Gasteiger partial charge in [-0.25, -0.2) is 4.79 Å². The SMILES string of the molecule is CCOc1ccccc1C(=O)O[C@@H](C)C(=O)NC1(C#N)CCCCC1. The number of carbonyl (C=O) groups is 2. The highest BCUT2D eigenvalue weighted by Gasteiger charge is 2.35. The normalized spacial score (nSPS) is 17.0. The molecule has 134 valence electrons. The lowest BCUT2D eigenvalue weighted by Crippen LogP contribution is -2.52. The first-order chi connectivity index (χ1) is 12.0. The molecule has 1 aromatic carbocycles. The number of para-hydroxylation sites is 1. The van der Waals surface area contributed by atoms with Crippen LogP contribution in [0.25, 0.3) is 0 Å². The van der Waals surface area contributed by atoms with Crippen LogP contribution in [0.4, 0.5) is 0 Å². The fraction of sp³-hybridized carbons (Fsp3) is 0.526. The number of hydrogen-bond acceptors (Lipinski definition) is 5. The number of benzene rings is 1. The highest BCUT2D eigenvalue weighted by Crippen LogP contribution is 2.27. The zero-order chi connectivity index (χ0) is 18.3. The van der Waals surface area contributed by atoms with Gasteiger partial charge >= 0.3 is 5.97 Å². The van der Waals surface area contributed by atoms with Crippen LogP contribution in [0.5, 0.6) is 5.75 Å². The molecule has 1 aliphatic carbocycles. The lowest BCUT2D eigenvalue weighted by molar-refractivity contribution is -0.130. The standard InChI is InChI=1S/C19H24N2O4/c1-3-24-16-10-6-5-9-15(16)18(23)25-14(2)17(22)21-19(13-20)11-7-4-8-12-19/h5-6,9-10,14H,3-4,7-8,11-12H2,1-2H3,(H,21,22)/t14-/m0/s1. The number of amides is 1. The third-order valence-corrected chi connectivity index (χ3v) is 4.34. The summed E-state index contributed by atoms with van der Waals surface area (Å²) >= 11 is 0. The van der Waals surface area contributed by atoms with Crippen LogP contribution in [-0.2, 0) is 9.53 Å². The van der Waals surface area contributed by atoms with Crippen LogP contribution in [0.2, 0.25) is 0 Å². The average Bonchev–Trinajstić information content (AvgIpc) is 2.63. The van der Waals surface area contributed by atoms with Crippen LogP contribution < -0.4 is 10.1 Å². The first kappa shape index (κ1) is 18.8. The molecule has 1 aliphatic rings. The molecule has 0 heterocycles. The first-order valence-electron chi connectivity index (χ1n) is 8.67. The molecule has 6 heteroatoms. The van der Waals surface area contributed by atoms with Crippen LogP contribution in [0.1, 0.15) is 56.3 Å². The minimum atomic E-state index is -0.991. The molecule has 1 atom stereocenters. The quantitative estimate of drug-likeness (QED) is 0.802. The van der Waals surface area contributed by atoms with E-state index >= 15 is 0 Å². The van der Waals surface area contributed by atoms with E-state index in [1.54, 1.807) is 24.3 Å². The summed E-state index contributed by atoms with van der Waals surface area (Å²) in [4.78, 5) is 24.7. The van der Waals surface area contributed by atoms with Gasteiger partial charge in [-0.1, -0.05) is 31.4 Å². The third kappa shape index (κ3) is 4.72. The molecule has 2 rings (SSSR count). The van der Waals surface area contributed by atoms with Gasteiger partial charge in [0.2, 0.25) is 0 Å². The van der Waals surface area contributed by atoms with Crippen molar-refractivity contribution in [2.45, 2.75) is 57.6 Å². The van der Waals surface area contributed by atoms with E-state index in [0.717, 1.165) is 19.3 Å². The summed E-state index contributed by atoms with van der Waals surface area (Å²) in [5, 5.41) is 12.2. The number of nitriles is 1. The predicted octanol–water partition coefficient (Wildman–Crippen LogP) is 2.97. The van der Waals surface area contributed by atoms with Gasteiger partial charge in [-0.15, -0.1) is 0 Å². The van der Waals surface area contributed by atoms with Crippen molar-refractivity contribution in [3.8, 4) is 11.8 Å². The van der Waals surface area contributed by atoms with Crippen LogP contribution in [-0.4, -0.2) is 30.1 Å². The van der Waals surface area contributed by atoms with E-state index < -0.39 is 23.5 Å². The Bertz CT molecular complexity index is 660. The molecule has 1 aromatic rings. The molecule has 0 bridgehead atoms. The van der Waals surface area contributed by atoms with Crippen molar-refractivity contribution in [1.82, 2.24) is 5.32 Å². The third-order valence-electron chi connectivity index (χ3n) is 4.34. The second-order valence-electron chi connectivity index (χ2n) is 6.22. The summed E-state index contributed by atoms with van der Waals surface area (Å²) in [6.07, 6.45) is 3.15. The molecule has 0 aliphatic heterocycles. The fourth-order valence-corrected chi connectivity index (χ4v) is 2.95. The molecule has 0 spiro atoms. The molecular weight excluding hydrogens is 320 g/mol. The summed E-state index contributed by atoms with van der Waals surface area (Å²) in [5.74, 6) is -0.657. The van der Waals surface area contributed by atoms with Gasteiger partial charge < -0.3 is 14.8 Å². The molecule has 0 aromatic heterocycles. The van der Waals surface area contributed by atoms with Gasteiger partial charge in [0.15, 0.2) is 6.10 Å². The van der Waals surface area contributed by atoms with Gasteiger partial charge in [-0.3, -0.25) is 4.79 Å². The summed E-state index contributed by atoms with van der Waals surface area (Å²) < 4.78 is 10.7. The smallest absolute Gasteiger partial charge is 0.342 e. The summed E-state index contributed by atoms with van der Waals surface area (Å²) in [5.41, 5.74) is -0.573. The van der Waals surface area contributed by atoms with Crippen molar-refractivity contribution >= 4 is 11.9 Å². The maximum absolute atomic E-state index is 12.4. The molecule has 6 nitrogen and oxygen atoms in total. The average molecular weight is 344 g/mol. The Kier molecular flexibility index (Phi) is 6.40. The van der Waals surface area contributed by atoms with E-state index in [2.05, 4.69) is 11.4 Å². The number of rotatable bonds is 6. The maximum Gasteiger partial charge on any atom is 0.342 e. The molecular formula is C19H24N2O4. The number of nitrogens with zero attached hydrogens (tertiary/aromatic N) is 1. The van der Waals surface area contributed by atoms with Gasteiger partial charge in [0.1, 0.15) is 16.9 Å². The Hall–Kier alpha value is -2.55. The summed E-state index contributed by atoms with van der Waals surface area (Å²) in [6.45, 7) is 3.75. The minimum absolute atomic E-state index is 0.275. The van der Waals surface area contributed by atoms with E-state index in [-0.39, 0.29) is 5.56 Å². The Morgan fingerprint density at radius 3 is 2.60 bits per heavy atom. The zero-order valence-corrected chi connectivity index (χ0v) is 14.7. The van der Waals surface area contributed by atoms with Crippen molar-refractivity contribution < 1.29 is 19.1 Å². The zero-order valence-electron chi connectivity index (χ0n) is 14.7. The lowest BCUT2D eigenvalue weighted by Gasteiger charge is -2.32. The highest BCUT2D eigenvalue weighted by molar-refractivity contribution is 5.94. The van der Waals surface area contributed by atoms with Crippen molar-refractivity contribution in [2.24, 2.45) is 0 Å². The van der Waals surface area contributed by atoms with E-state index in [9.17, 15) is 14.9 Å². The molecule has 0 unspecified atom stereocenters. The van der Waals surface area contributed by atoms with E-state index in [1.165, 1.54) is 6.92 Å². The summed E-state index contributed by atoms with van der Waals surface area (Å²) in [7, 11) is 0. The Morgan fingerprint density at radius 1 is 1.28 bits per heavy atom. The van der Waals surface area contributed by atoms with E-state index in [0.29, 0.717) is 25.2 Å². The van der Waals surface area contributed by atoms with Gasteiger partial charge in [0.25, 0.3) is 5.91 Å². The Morgan fingerprint density at radius 2 is 1.96 bits per heavy atom. The highest BCUT2D eigenvalue weighted by atomic mass is 16.5. The number of ether oxygens (including phenoxy) is 2. The van der Waals surface area contributed by atoms with E-state index in [1.807, 2.05) is 6.92 Å². The van der Waals surface area contributed by atoms with Crippen LogP contribution in [0.3, 0.4) is 0 Å². The van der Waals surface area contributed by atoms with Crippen molar-refractivity contribution in [3.63, 3.8) is 0 Å². The lowest BCUT2D eigenvalue weighted by atomic mass is 9.83. The number of nitrogens with one attached hydrogen (secondary N) is 1. The summed E-state index contributed by atoms with van der Waals surface area (Å²) in [6, 6.07) is 8.96. The van der Waals surface area contributed by atoms with Gasteiger partial charge in [-0.2, -0.15) is 5.26 Å². The Labute approximate surface area is 148 Å². The molecule has 0 radical (unpaired) electrons. The second-order valence-corrected chi connectivity index (χ2v) is 6.22. The maximum atomic E-state index is 12.4. The van der Waals surface area contributed by atoms with Gasteiger partial charge in [0, 0.05) is 0 Å². The van der Waals surface area contributed by atoms with Crippen LogP contribution in [0, 0.1) is 11.3 Å². The van der Waals surface area contributed by atoms with Crippen LogP contribution in [0.15, 0.2) is 24.3 Å². The van der Waals surface area contributed by atoms with Crippen LogP contribution >= 0.6 is 0 Å².